The molecule has 0 unspecified atom stereocenters. The summed E-state index contributed by atoms with van der Waals surface area (Å²) in [4.78, 5) is 31.7. The van der Waals surface area contributed by atoms with Gasteiger partial charge >= 0.3 is 0 Å². The molecule has 3 aromatic rings. The van der Waals surface area contributed by atoms with Crippen LogP contribution in [-0.2, 0) is 22.4 Å². The summed E-state index contributed by atoms with van der Waals surface area (Å²) in [5.41, 5.74) is 7.65. The number of rotatable bonds is 11. The van der Waals surface area contributed by atoms with Gasteiger partial charge in [-0.15, -0.1) is 0 Å². The molecule has 1 aromatic carbocycles. The number of piperazine rings is 1. The number of aliphatic hydroxyl groups excluding tert-OH is 1. The van der Waals surface area contributed by atoms with Crippen LogP contribution in [0.4, 0.5) is 17.3 Å². The first-order valence-electron chi connectivity index (χ1n) is 14.2. The van der Waals surface area contributed by atoms with E-state index in [2.05, 4.69) is 49.6 Å². The van der Waals surface area contributed by atoms with E-state index >= 15 is 0 Å². The minimum absolute atomic E-state index is 0.0437. The Morgan fingerprint density at radius 2 is 2.00 bits per heavy atom. The van der Waals surface area contributed by atoms with E-state index in [0.717, 1.165) is 77.5 Å². The molecule has 3 N–H and O–H groups in total. The van der Waals surface area contributed by atoms with Crippen molar-refractivity contribution >= 4 is 28.8 Å². The van der Waals surface area contributed by atoms with Gasteiger partial charge in [-0.25, -0.2) is 9.97 Å². The Balaban J connectivity index is 1.34. The highest BCUT2D eigenvalue weighted by Crippen LogP contribution is 2.37. The smallest absolute Gasteiger partial charge is 0.244 e. The van der Waals surface area contributed by atoms with Crippen LogP contribution >= 0.6 is 0 Å². The normalized spacial score (nSPS) is 16.2. The molecule has 0 saturated carbocycles. The highest BCUT2D eigenvalue weighted by Gasteiger charge is 2.30. The number of hydrogen-bond donors (Lipinski definition) is 3. The number of likely N-dealkylation sites (N-methyl/N-ethyl adjacent to an activating group) is 1. The average molecular weight is 558 g/mol. The van der Waals surface area contributed by atoms with Crippen LogP contribution in [0.5, 0.6) is 0 Å². The average Bonchev–Trinajstić information content (AvgIpc) is 3.41. The first-order chi connectivity index (χ1) is 20.0. The van der Waals surface area contributed by atoms with Gasteiger partial charge in [-0.2, -0.15) is 0 Å². The molecule has 1 fully saturated rings. The topological polar surface area (TPSA) is 116 Å². The summed E-state index contributed by atoms with van der Waals surface area (Å²) in [7, 11) is 3.75. The van der Waals surface area contributed by atoms with E-state index in [9.17, 15) is 4.79 Å². The molecule has 0 spiro atoms. The molecule has 0 bridgehead atoms. The summed E-state index contributed by atoms with van der Waals surface area (Å²) in [6, 6.07) is 7.70. The first kappa shape index (κ1) is 28.8. The van der Waals surface area contributed by atoms with Crippen LogP contribution < -0.4 is 10.6 Å². The largest absolute Gasteiger partial charge is 0.396 e. The number of amides is 1. The number of nitrogens with zero attached hydrogens (tertiary/aromatic N) is 5. The van der Waals surface area contributed by atoms with Crippen LogP contribution in [-0.4, -0.2) is 95.4 Å². The zero-order valence-corrected chi connectivity index (χ0v) is 24.1. The van der Waals surface area contributed by atoms with Crippen molar-refractivity contribution in [2.45, 2.75) is 32.2 Å². The highest BCUT2D eigenvalue weighted by atomic mass is 16.5. The fourth-order valence-corrected chi connectivity index (χ4v) is 5.45. The Morgan fingerprint density at radius 3 is 2.78 bits per heavy atom. The number of anilines is 3. The van der Waals surface area contributed by atoms with Gasteiger partial charge in [-0.05, 0) is 67.6 Å². The lowest BCUT2D eigenvalue weighted by Crippen LogP contribution is -2.54. The van der Waals surface area contributed by atoms with Gasteiger partial charge in [0.1, 0.15) is 6.04 Å². The summed E-state index contributed by atoms with van der Waals surface area (Å²) in [5, 5.41) is 15.6. The summed E-state index contributed by atoms with van der Waals surface area (Å²) >= 11 is 0. The molecular formula is C31H39N7O3. The molecule has 2 aliphatic rings. The Labute approximate surface area is 241 Å². The molecule has 1 aliphatic carbocycles. The van der Waals surface area contributed by atoms with Crippen LogP contribution in [0, 0.1) is 6.92 Å². The molecule has 1 atom stereocenters. The van der Waals surface area contributed by atoms with E-state index in [1.807, 2.05) is 37.5 Å². The third-order valence-electron chi connectivity index (χ3n) is 7.74. The van der Waals surface area contributed by atoms with Crippen LogP contribution in [0.2, 0.25) is 0 Å². The number of carbonyl (C=O) groups is 1. The second kappa shape index (κ2) is 13.3. The van der Waals surface area contributed by atoms with Gasteiger partial charge in [0.05, 0.1) is 24.2 Å². The third-order valence-corrected chi connectivity index (χ3v) is 7.74. The van der Waals surface area contributed by atoms with Crippen LogP contribution in [0.3, 0.4) is 0 Å². The van der Waals surface area contributed by atoms with Gasteiger partial charge in [0.15, 0.2) is 0 Å². The molecule has 0 radical (unpaired) electrons. The van der Waals surface area contributed by atoms with Crippen molar-refractivity contribution in [3.05, 3.63) is 76.9 Å². The second-order valence-electron chi connectivity index (χ2n) is 10.7. The third kappa shape index (κ3) is 6.79. The molecule has 41 heavy (non-hydrogen) atoms. The summed E-state index contributed by atoms with van der Waals surface area (Å²) in [6.07, 6.45) is 9.68. The predicted molar refractivity (Wildman–Crippen MR) is 160 cm³/mol. The molecule has 2 aromatic heterocycles. The Morgan fingerprint density at radius 1 is 1.17 bits per heavy atom. The zero-order valence-electron chi connectivity index (χ0n) is 24.1. The SMILES string of the molecule is COC[C@H](C(=O)Nc1cccc2c1CC=C2c1nc(Nc2cncc(CCCO)c2)ncc1C)N1CCN(C)CC1. The lowest BCUT2D eigenvalue weighted by atomic mass is 9.99. The Kier molecular flexibility index (Phi) is 9.35. The predicted octanol–water partition coefficient (Wildman–Crippen LogP) is 3.04. The maximum absolute atomic E-state index is 13.5. The fourth-order valence-electron chi connectivity index (χ4n) is 5.45. The maximum Gasteiger partial charge on any atom is 0.244 e. The molecule has 10 heteroatoms. The number of aliphatic hydroxyl groups is 1. The van der Waals surface area contributed by atoms with Gasteiger partial charge in [-0.1, -0.05) is 18.2 Å². The minimum Gasteiger partial charge on any atom is -0.396 e. The number of aryl methyl sites for hydroxylation is 2. The van der Waals surface area contributed by atoms with E-state index in [1.165, 1.54) is 0 Å². The Bertz CT molecular complexity index is 1400. The van der Waals surface area contributed by atoms with Crippen LogP contribution in [0.25, 0.3) is 5.57 Å². The number of aromatic nitrogens is 3. The fraction of sp³-hybridized carbons (Fsp3) is 0.419. The number of pyridine rings is 1. The number of methoxy groups -OCH3 is 1. The molecule has 1 aliphatic heterocycles. The Hall–Kier alpha value is -3.70. The minimum atomic E-state index is -0.340. The number of allylic oxidation sites excluding steroid dienone is 1. The summed E-state index contributed by atoms with van der Waals surface area (Å²) in [5.74, 6) is 0.442. The van der Waals surface area contributed by atoms with E-state index in [1.54, 1.807) is 13.3 Å². The van der Waals surface area contributed by atoms with Gasteiger partial charge in [0, 0.05) is 63.5 Å². The molecule has 216 valence electrons. The van der Waals surface area contributed by atoms with Crippen LogP contribution in [0.1, 0.15) is 34.4 Å². The van der Waals surface area contributed by atoms with Crippen LogP contribution in [0.15, 0.2) is 48.9 Å². The lowest BCUT2D eigenvalue weighted by molar-refractivity contribution is -0.124. The van der Waals surface area contributed by atoms with E-state index in [0.29, 0.717) is 25.4 Å². The lowest BCUT2D eigenvalue weighted by Gasteiger charge is -2.36. The number of carbonyl (C=O) groups excluding carboxylic acids is 1. The van der Waals surface area contributed by atoms with Crippen molar-refractivity contribution in [3.63, 3.8) is 0 Å². The first-order valence-corrected chi connectivity index (χ1v) is 14.2. The maximum atomic E-state index is 13.5. The molecule has 1 amide bonds. The van der Waals surface area contributed by atoms with E-state index < -0.39 is 0 Å². The standard InChI is InChI=1S/C31H39N7O3/c1-21-17-33-31(34-23-16-22(6-5-15-39)18-32-19-23)36-29(21)26-10-9-25-24(26)7-4-8-27(25)35-30(40)28(20-41-3)38-13-11-37(2)12-14-38/h4,7-8,10,16-19,28,39H,5-6,9,11-15,20H2,1-3H3,(H,35,40)(H,33,34,36)/t28-/m1/s1. The van der Waals surface area contributed by atoms with Gasteiger partial charge in [0.25, 0.3) is 0 Å². The molecule has 3 heterocycles. The van der Waals surface area contributed by atoms with Crippen molar-refractivity contribution < 1.29 is 14.6 Å². The van der Waals surface area contributed by atoms with Crippen molar-refractivity contribution in [2.75, 3.05) is 64.2 Å². The van der Waals surface area contributed by atoms with Gasteiger partial charge in [0.2, 0.25) is 11.9 Å². The summed E-state index contributed by atoms with van der Waals surface area (Å²) < 4.78 is 5.44. The number of nitrogens with one attached hydrogen (secondary N) is 2. The van der Waals surface area contributed by atoms with E-state index in [4.69, 9.17) is 14.8 Å². The van der Waals surface area contributed by atoms with Gasteiger partial charge < -0.3 is 25.4 Å². The second-order valence-corrected chi connectivity index (χ2v) is 10.7. The number of benzene rings is 1. The number of fused-ring (bicyclic) bond motifs is 1. The number of ether oxygens (including phenoxy) is 1. The molecular weight excluding hydrogens is 518 g/mol. The van der Waals surface area contributed by atoms with E-state index in [-0.39, 0.29) is 18.6 Å². The monoisotopic (exact) mass is 557 g/mol. The van der Waals surface area contributed by atoms with Crippen molar-refractivity contribution in [1.82, 2.24) is 24.8 Å². The highest BCUT2D eigenvalue weighted by molar-refractivity contribution is 5.97. The quantitative estimate of drug-likeness (QED) is 0.327. The molecule has 10 nitrogen and oxygen atoms in total. The van der Waals surface area contributed by atoms with Crippen molar-refractivity contribution in [3.8, 4) is 0 Å². The summed E-state index contributed by atoms with van der Waals surface area (Å²) in [6.45, 7) is 6.04. The molecule has 1 saturated heterocycles. The van der Waals surface area contributed by atoms with Crippen molar-refractivity contribution in [1.29, 1.82) is 0 Å². The number of hydrogen-bond acceptors (Lipinski definition) is 9. The van der Waals surface area contributed by atoms with Crippen molar-refractivity contribution in [2.24, 2.45) is 0 Å². The zero-order chi connectivity index (χ0) is 28.8. The molecule has 5 rings (SSSR count). The van der Waals surface area contributed by atoms with Gasteiger partial charge in [-0.3, -0.25) is 14.7 Å².